The minimum Gasteiger partial charge on any atom is -0.487 e. The Morgan fingerprint density at radius 2 is 2.12 bits per heavy atom. The second-order valence-corrected chi connectivity index (χ2v) is 6.02. The topological polar surface area (TPSA) is 73.4 Å². The van der Waals surface area contributed by atoms with E-state index in [0.717, 1.165) is 25.9 Å². The number of hydrogen-bond acceptors (Lipinski definition) is 5. The first-order chi connectivity index (χ1) is 11.6. The lowest BCUT2D eigenvalue weighted by molar-refractivity contribution is -0.385. The maximum atomic E-state index is 11.5. The van der Waals surface area contributed by atoms with Gasteiger partial charge in [0.1, 0.15) is 5.69 Å². The second-order valence-electron chi connectivity index (χ2n) is 6.02. The maximum absolute atomic E-state index is 11.5. The number of nitrogens with zero attached hydrogens (tertiary/aromatic N) is 4. The largest absolute Gasteiger partial charge is 0.487 e. The molecular weight excluding hydrogens is 308 g/mol. The number of rotatable bonds is 5. The highest BCUT2D eigenvalue weighted by molar-refractivity contribution is 5.70. The van der Waals surface area contributed by atoms with Gasteiger partial charge in [0.2, 0.25) is 0 Å². The van der Waals surface area contributed by atoms with Crippen molar-refractivity contribution in [3.63, 3.8) is 0 Å². The van der Waals surface area contributed by atoms with E-state index in [9.17, 15) is 10.1 Å². The maximum Gasteiger partial charge on any atom is 0.333 e. The number of nitro benzene ring substituents is 1. The highest BCUT2D eigenvalue weighted by Gasteiger charge is 2.28. The molecule has 0 bridgehead atoms. The molecule has 0 radical (unpaired) electrons. The minimum atomic E-state index is -0.340. The van der Waals surface area contributed by atoms with E-state index < -0.39 is 0 Å². The van der Waals surface area contributed by atoms with Crippen molar-refractivity contribution >= 4 is 11.4 Å². The molecule has 24 heavy (non-hydrogen) atoms. The summed E-state index contributed by atoms with van der Waals surface area (Å²) in [7, 11) is 1.92. The van der Waals surface area contributed by atoms with E-state index in [1.54, 1.807) is 6.07 Å². The van der Waals surface area contributed by atoms with Gasteiger partial charge in [-0.1, -0.05) is 6.07 Å². The molecule has 2 heterocycles. The molecule has 0 atom stereocenters. The van der Waals surface area contributed by atoms with Crippen LogP contribution in [0.5, 0.6) is 5.75 Å². The molecule has 7 nitrogen and oxygen atoms in total. The summed E-state index contributed by atoms with van der Waals surface area (Å²) in [6, 6.07) is 5.29. The standard InChI is InChI=1S/C17H22N4O3/c1-3-24-16-6-4-5-15(17(16)21(22)23)20-9-7-13(8-10-20)14-11-18-19(2)12-14/h4-6,11-13H,3,7-10H2,1-2H3. The molecule has 1 aromatic heterocycles. The zero-order valence-electron chi connectivity index (χ0n) is 14.0. The van der Waals surface area contributed by atoms with Gasteiger partial charge in [0.25, 0.3) is 0 Å². The van der Waals surface area contributed by atoms with Crippen molar-refractivity contribution in [2.24, 2.45) is 7.05 Å². The fourth-order valence-electron chi connectivity index (χ4n) is 3.33. The Morgan fingerprint density at radius 1 is 1.38 bits per heavy atom. The van der Waals surface area contributed by atoms with Crippen molar-refractivity contribution in [3.05, 3.63) is 46.3 Å². The van der Waals surface area contributed by atoms with Gasteiger partial charge in [-0.3, -0.25) is 14.8 Å². The Balaban J connectivity index is 1.79. The van der Waals surface area contributed by atoms with Crippen LogP contribution in [0.4, 0.5) is 11.4 Å². The predicted molar refractivity (Wildman–Crippen MR) is 91.7 cm³/mol. The van der Waals surface area contributed by atoms with Crippen molar-refractivity contribution < 1.29 is 9.66 Å². The number of para-hydroxylation sites is 1. The molecular formula is C17H22N4O3. The van der Waals surface area contributed by atoms with Crippen LogP contribution < -0.4 is 9.64 Å². The van der Waals surface area contributed by atoms with Crippen molar-refractivity contribution in [2.45, 2.75) is 25.7 Å². The zero-order chi connectivity index (χ0) is 17.1. The number of piperidine rings is 1. The predicted octanol–water partition coefficient (Wildman–Crippen LogP) is 3.11. The Morgan fingerprint density at radius 3 is 2.71 bits per heavy atom. The van der Waals surface area contributed by atoms with Crippen LogP contribution in [0.25, 0.3) is 0 Å². The SMILES string of the molecule is CCOc1cccc(N2CCC(c3cnn(C)c3)CC2)c1[N+](=O)[O-]. The number of benzene rings is 1. The first-order valence-corrected chi connectivity index (χ1v) is 8.23. The molecule has 3 rings (SSSR count). The Bertz CT molecular complexity index is 720. The molecule has 1 saturated heterocycles. The molecule has 128 valence electrons. The highest BCUT2D eigenvalue weighted by atomic mass is 16.6. The van der Waals surface area contributed by atoms with Crippen LogP contribution in [0, 0.1) is 10.1 Å². The quantitative estimate of drug-likeness (QED) is 0.622. The summed E-state index contributed by atoms with van der Waals surface area (Å²) in [6.07, 6.45) is 5.89. The van der Waals surface area contributed by atoms with Crippen LogP contribution in [0.3, 0.4) is 0 Å². The van der Waals surface area contributed by atoms with E-state index >= 15 is 0 Å². The average molecular weight is 330 g/mol. The summed E-state index contributed by atoms with van der Waals surface area (Å²) in [6.45, 7) is 3.81. The van der Waals surface area contributed by atoms with E-state index in [-0.39, 0.29) is 10.6 Å². The van der Waals surface area contributed by atoms with E-state index in [4.69, 9.17) is 4.74 Å². The minimum absolute atomic E-state index is 0.0687. The molecule has 1 aliphatic heterocycles. The fraction of sp³-hybridized carbons (Fsp3) is 0.471. The normalized spacial score (nSPS) is 15.5. The van der Waals surface area contributed by atoms with Crippen LogP contribution >= 0.6 is 0 Å². The second kappa shape index (κ2) is 6.90. The van der Waals surface area contributed by atoms with Crippen LogP contribution in [0.2, 0.25) is 0 Å². The fourth-order valence-corrected chi connectivity index (χ4v) is 3.33. The van der Waals surface area contributed by atoms with E-state index in [0.29, 0.717) is 24.0 Å². The van der Waals surface area contributed by atoms with Crippen molar-refractivity contribution in [3.8, 4) is 5.75 Å². The third-order valence-corrected chi connectivity index (χ3v) is 4.49. The molecule has 1 fully saturated rings. The summed E-state index contributed by atoms with van der Waals surface area (Å²) in [5.41, 5.74) is 1.96. The van der Waals surface area contributed by atoms with Gasteiger partial charge in [-0.25, -0.2) is 0 Å². The monoisotopic (exact) mass is 330 g/mol. The highest BCUT2D eigenvalue weighted by Crippen LogP contribution is 2.39. The summed E-state index contributed by atoms with van der Waals surface area (Å²) in [4.78, 5) is 13.3. The Labute approximate surface area is 141 Å². The van der Waals surface area contributed by atoms with Crippen molar-refractivity contribution in [1.29, 1.82) is 0 Å². The first kappa shape index (κ1) is 16.3. The number of aryl methyl sites for hydroxylation is 1. The van der Waals surface area contributed by atoms with Gasteiger partial charge in [0.15, 0.2) is 5.75 Å². The number of nitro groups is 1. The molecule has 1 aromatic carbocycles. The molecule has 1 aliphatic rings. The lowest BCUT2D eigenvalue weighted by Gasteiger charge is -2.33. The summed E-state index contributed by atoms with van der Waals surface area (Å²) in [5.74, 6) is 0.804. The lowest BCUT2D eigenvalue weighted by Crippen LogP contribution is -2.33. The van der Waals surface area contributed by atoms with Crippen molar-refractivity contribution in [1.82, 2.24) is 9.78 Å². The van der Waals surface area contributed by atoms with Crippen LogP contribution in [0.1, 0.15) is 31.2 Å². The molecule has 0 spiro atoms. The third kappa shape index (κ3) is 3.20. The molecule has 7 heteroatoms. The Hall–Kier alpha value is -2.57. The summed E-state index contributed by atoms with van der Waals surface area (Å²) in [5, 5.41) is 15.8. The van der Waals surface area contributed by atoms with E-state index in [2.05, 4.69) is 16.2 Å². The molecule has 0 aliphatic carbocycles. The van der Waals surface area contributed by atoms with Gasteiger partial charge < -0.3 is 9.64 Å². The molecule has 0 N–H and O–H groups in total. The molecule has 2 aromatic rings. The van der Waals surface area contributed by atoms with Gasteiger partial charge in [0.05, 0.1) is 17.7 Å². The van der Waals surface area contributed by atoms with Crippen molar-refractivity contribution in [2.75, 3.05) is 24.6 Å². The summed E-state index contributed by atoms with van der Waals surface area (Å²) >= 11 is 0. The molecule has 0 amide bonds. The van der Waals surface area contributed by atoms with E-state index in [1.807, 2.05) is 37.0 Å². The number of hydrogen-bond donors (Lipinski definition) is 0. The van der Waals surface area contributed by atoms with Crippen LogP contribution in [-0.2, 0) is 7.05 Å². The van der Waals surface area contributed by atoms with Gasteiger partial charge in [-0.15, -0.1) is 0 Å². The number of ether oxygens (including phenoxy) is 1. The van der Waals surface area contributed by atoms with Crippen LogP contribution in [-0.4, -0.2) is 34.4 Å². The Kier molecular flexibility index (Phi) is 4.69. The average Bonchev–Trinajstić information content (AvgIpc) is 3.01. The zero-order valence-corrected chi connectivity index (χ0v) is 14.0. The van der Waals surface area contributed by atoms with Gasteiger partial charge in [-0.05, 0) is 43.4 Å². The first-order valence-electron chi connectivity index (χ1n) is 8.23. The smallest absolute Gasteiger partial charge is 0.333 e. The van der Waals surface area contributed by atoms with Gasteiger partial charge in [0, 0.05) is 26.3 Å². The number of anilines is 1. The van der Waals surface area contributed by atoms with E-state index in [1.165, 1.54) is 5.56 Å². The molecule has 0 saturated carbocycles. The van der Waals surface area contributed by atoms with Gasteiger partial charge in [-0.2, -0.15) is 5.10 Å². The van der Waals surface area contributed by atoms with Gasteiger partial charge >= 0.3 is 5.69 Å². The molecule has 0 unspecified atom stereocenters. The van der Waals surface area contributed by atoms with Crippen LogP contribution in [0.15, 0.2) is 30.6 Å². The lowest BCUT2D eigenvalue weighted by atomic mass is 9.91. The third-order valence-electron chi connectivity index (χ3n) is 4.49. The summed E-state index contributed by atoms with van der Waals surface area (Å²) < 4.78 is 7.26. The number of aromatic nitrogens is 2.